The number of hydrogen-bond donors (Lipinski definition) is 6. The summed E-state index contributed by atoms with van der Waals surface area (Å²) in [6.45, 7) is 4.18. The molecule has 0 bridgehead atoms. The van der Waals surface area contributed by atoms with Crippen molar-refractivity contribution in [3.8, 4) is 0 Å². The summed E-state index contributed by atoms with van der Waals surface area (Å²) in [5, 5.41) is 54.0. The van der Waals surface area contributed by atoms with Crippen molar-refractivity contribution in [1.29, 1.82) is 0 Å². The number of hydrogen-bond acceptors (Lipinski definition) is 10. The van der Waals surface area contributed by atoms with Gasteiger partial charge in [-0.15, -0.1) is 0 Å². The van der Waals surface area contributed by atoms with Gasteiger partial charge in [0.1, 0.15) is 24.4 Å². The van der Waals surface area contributed by atoms with Gasteiger partial charge in [0.05, 0.1) is 32.0 Å². The van der Waals surface area contributed by atoms with E-state index in [1.54, 1.807) is 6.08 Å². The standard InChI is InChI=1S/C52H93NO10/c1-3-5-7-9-11-13-14-16-20-24-28-32-36-40-48(57)61-41-37-33-29-25-21-18-15-17-19-23-27-31-35-39-47(56)53-44(45(55)38-34-30-26-22-12-10-8-6-4-2)43-62-52-51(60)50(59)49(58)46(42-54)63-52/h13-14,17,19,27,31,34,38,44-46,49-52,54-55,58-60H,3-12,15-16,18,20-26,28-30,32-33,35-37,39-43H2,1-2H3,(H,53,56)/b14-13-,19-17-,31-27-,38-34+. The fourth-order valence-corrected chi connectivity index (χ4v) is 7.53. The summed E-state index contributed by atoms with van der Waals surface area (Å²) in [5.41, 5.74) is 0. The van der Waals surface area contributed by atoms with Crippen LogP contribution in [0.2, 0.25) is 0 Å². The number of rotatable bonds is 42. The minimum atomic E-state index is -1.59. The number of nitrogens with one attached hydrogen (secondary N) is 1. The van der Waals surface area contributed by atoms with Crippen LogP contribution in [0.1, 0.15) is 206 Å². The van der Waals surface area contributed by atoms with Gasteiger partial charge < -0.3 is 45.1 Å². The van der Waals surface area contributed by atoms with E-state index in [1.165, 1.54) is 103 Å². The van der Waals surface area contributed by atoms with E-state index in [9.17, 15) is 35.1 Å². The summed E-state index contributed by atoms with van der Waals surface area (Å²) in [7, 11) is 0. The Hall–Kier alpha value is -2.38. The summed E-state index contributed by atoms with van der Waals surface area (Å²) >= 11 is 0. The van der Waals surface area contributed by atoms with Gasteiger partial charge in [-0.2, -0.15) is 0 Å². The van der Waals surface area contributed by atoms with Crippen molar-refractivity contribution >= 4 is 11.9 Å². The molecule has 0 radical (unpaired) electrons. The molecule has 11 nitrogen and oxygen atoms in total. The Bertz CT molecular complexity index is 1190. The summed E-state index contributed by atoms with van der Waals surface area (Å²) < 4.78 is 16.6. The molecule has 1 saturated heterocycles. The second-order valence-electron chi connectivity index (χ2n) is 17.5. The second-order valence-corrected chi connectivity index (χ2v) is 17.5. The number of amides is 1. The van der Waals surface area contributed by atoms with Crippen molar-refractivity contribution in [1.82, 2.24) is 5.32 Å². The van der Waals surface area contributed by atoms with Crippen molar-refractivity contribution in [2.45, 2.75) is 249 Å². The Labute approximate surface area is 383 Å². The topological polar surface area (TPSA) is 175 Å². The van der Waals surface area contributed by atoms with Crippen LogP contribution in [-0.2, 0) is 23.8 Å². The maximum atomic E-state index is 12.9. The predicted octanol–water partition coefficient (Wildman–Crippen LogP) is 10.2. The van der Waals surface area contributed by atoms with Crippen LogP contribution >= 0.6 is 0 Å². The van der Waals surface area contributed by atoms with Crippen LogP contribution < -0.4 is 5.32 Å². The third-order valence-electron chi connectivity index (χ3n) is 11.7. The highest BCUT2D eigenvalue weighted by atomic mass is 16.7. The van der Waals surface area contributed by atoms with Crippen LogP contribution in [0.4, 0.5) is 0 Å². The van der Waals surface area contributed by atoms with Crippen LogP contribution in [0.3, 0.4) is 0 Å². The first-order valence-corrected chi connectivity index (χ1v) is 25.4. The molecule has 0 saturated carbocycles. The monoisotopic (exact) mass is 892 g/mol. The Balaban J connectivity index is 2.20. The smallest absolute Gasteiger partial charge is 0.305 e. The molecule has 1 rings (SSSR count). The lowest BCUT2D eigenvalue weighted by Gasteiger charge is -2.40. The van der Waals surface area contributed by atoms with Gasteiger partial charge in [0.2, 0.25) is 5.91 Å². The number of unbranched alkanes of at least 4 members (excludes halogenated alkanes) is 22. The minimum Gasteiger partial charge on any atom is -0.466 e. The molecule has 0 aliphatic carbocycles. The largest absolute Gasteiger partial charge is 0.466 e. The molecule has 0 aromatic carbocycles. The third kappa shape index (κ3) is 32.9. The van der Waals surface area contributed by atoms with E-state index in [2.05, 4.69) is 43.5 Å². The van der Waals surface area contributed by atoms with Crippen LogP contribution in [0, 0.1) is 0 Å². The van der Waals surface area contributed by atoms with Gasteiger partial charge in [-0.1, -0.05) is 165 Å². The summed E-state index contributed by atoms with van der Waals surface area (Å²) in [5.74, 6) is -0.317. The fourth-order valence-electron chi connectivity index (χ4n) is 7.53. The molecule has 1 amide bonds. The molecule has 1 aliphatic heterocycles. The number of carbonyl (C=O) groups is 2. The molecule has 1 fully saturated rings. The number of carbonyl (C=O) groups excluding carboxylic acids is 2. The maximum absolute atomic E-state index is 12.9. The number of esters is 1. The Morgan fingerprint density at radius 1 is 0.587 bits per heavy atom. The molecule has 11 heteroatoms. The van der Waals surface area contributed by atoms with E-state index in [4.69, 9.17) is 14.2 Å². The van der Waals surface area contributed by atoms with E-state index in [1.807, 2.05) is 18.2 Å². The summed E-state index contributed by atoms with van der Waals surface area (Å²) in [6, 6.07) is -0.853. The first-order valence-electron chi connectivity index (χ1n) is 25.4. The zero-order chi connectivity index (χ0) is 46.0. The summed E-state index contributed by atoms with van der Waals surface area (Å²) in [4.78, 5) is 24.9. The zero-order valence-electron chi connectivity index (χ0n) is 39.8. The molecule has 63 heavy (non-hydrogen) atoms. The zero-order valence-corrected chi connectivity index (χ0v) is 39.8. The third-order valence-corrected chi connectivity index (χ3v) is 11.7. The van der Waals surface area contributed by atoms with E-state index >= 15 is 0 Å². The molecule has 0 aromatic heterocycles. The van der Waals surface area contributed by atoms with Gasteiger partial charge in [-0.3, -0.25) is 9.59 Å². The minimum absolute atomic E-state index is 0.0499. The lowest BCUT2D eigenvalue weighted by molar-refractivity contribution is -0.302. The van der Waals surface area contributed by atoms with E-state index in [-0.39, 0.29) is 24.9 Å². The highest BCUT2D eigenvalue weighted by Gasteiger charge is 2.44. The quantitative estimate of drug-likeness (QED) is 0.0197. The predicted molar refractivity (Wildman–Crippen MR) is 255 cm³/mol. The Kier molecular flexibility index (Phi) is 39.3. The van der Waals surface area contributed by atoms with Gasteiger partial charge in [-0.25, -0.2) is 0 Å². The number of ether oxygens (including phenoxy) is 3. The van der Waals surface area contributed by atoms with E-state index < -0.39 is 49.5 Å². The van der Waals surface area contributed by atoms with Gasteiger partial charge in [0.15, 0.2) is 6.29 Å². The summed E-state index contributed by atoms with van der Waals surface area (Å²) in [6.07, 6.45) is 40.7. The molecular weight excluding hydrogens is 799 g/mol. The van der Waals surface area contributed by atoms with Crippen LogP contribution in [0.5, 0.6) is 0 Å². The molecule has 0 aromatic rings. The lowest BCUT2D eigenvalue weighted by atomic mass is 9.99. The number of allylic oxidation sites excluding steroid dienone is 7. The van der Waals surface area contributed by atoms with Crippen molar-refractivity contribution < 1.29 is 49.3 Å². The average molecular weight is 892 g/mol. The number of aliphatic hydroxyl groups excluding tert-OH is 5. The average Bonchev–Trinajstić information content (AvgIpc) is 3.28. The SMILES string of the molecule is CCCCCC/C=C\CCCCCCCC(=O)OCCCCCCCC/C=C\C/C=C\CCC(=O)NC(COC1OC(CO)C(O)C(O)C1O)C(O)/C=C/CCCCCCCCC. The molecule has 0 spiro atoms. The van der Waals surface area contributed by atoms with Crippen molar-refractivity contribution in [3.63, 3.8) is 0 Å². The maximum Gasteiger partial charge on any atom is 0.305 e. The molecule has 7 unspecified atom stereocenters. The van der Waals surface area contributed by atoms with Crippen LogP contribution in [-0.4, -0.2) is 100 Å². The van der Waals surface area contributed by atoms with Gasteiger partial charge in [0, 0.05) is 12.8 Å². The highest BCUT2D eigenvalue weighted by Crippen LogP contribution is 2.22. The molecule has 6 N–H and O–H groups in total. The first kappa shape index (κ1) is 58.6. The molecule has 7 atom stereocenters. The van der Waals surface area contributed by atoms with Crippen LogP contribution in [0.15, 0.2) is 48.6 Å². The van der Waals surface area contributed by atoms with Gasteiger partial charge in [-0.05, 0) is 77.0 Å². The van der Waals surface area contributed by atoms with Crippen LogP contribution in [0.25, 0.3) is 0 Å². The molecule has 1 aliphatic rings. The Morgan fingerprint density at radius 3 is 1.67 bits per heavy atom. The van der Waals surface area contributed by atoms with Crippen molar-refractivity contribution in [3.05, 3.63) is 48.6 Å². The molecule has 1 heterocycles. The highest BCUT2D eigenvalue weighted by molar-refractivity contribution is 5.76. The molecule has 366 valence electrons. The second kappa shape index (κ2) is 42.3. The van der Waals surface area contributed by atoms with Gasteiger partial charge >= 0.3 is 5.97 Å². The molecular formula is C52H93NO10. The lowest BCUT2D eigenvalue weighted by Crippen LogP contribution is -2.60. The van der Waals surface area contributed by atoms with E-state index in [0.29, 0.717) is 19.4 Å². The Morgan fingerprint density at radius 2 is 1.08 bits per heavy atom. The normalized spacial score (nSPS) is 20.4. The fraction of sp³-hybridized carbons (Fsp3) is 0.808. The van der Waals surface area contributed by atoms with E-state index in [0.717, 1.165) is 70.6 Å². The van der Waals surface area contributed by atoms with Gasteiger partial charge in [0.25, 0.3) is 0 Å². The number of aliphatic hydroxyl groups is 5. The van der Waals surface area contributed by atoms with Crippen molar-refractivity contribution in [2.24, 2.45) is 0 Å². The first-order chi connectivity index (χ1) is 30.7. The van der Waals surface area contributed by atoms with Crippen molar-refractivity contribution in [2.75, 3.05) is 19.8 Å².